The minimum Gasteiger partial charge on any atom is -0.463 e. The van der Waals surface area contributed by atoms with E-state index in [2.05, 4.69) is 43.5 Å². The normalized spacial score (nSPS) is 13.3. The van der Waals surface area contributed by atoms with Gasteiger partial charge in [0.25, 0.3) is 0 Å². The number of unbranched alkanes of at least 4 members (excludes halogenated alkanes) is 31. The Labute approximate surface area is 370 Å². The number of phosphoric acid groups is 1. The molecule has 0 aliphatic heterocycles. The van der Waals surface area contributed by atoms with Crippen LogP contribution in [0.1, 0.15) is 251 Å². The summed E-state index contributed by atoms with van der Waals surface area (Å²) in [6, 6.07) is 0. The summed E-state index contributed by atoms with van der Waals surface area (Å²) in [5.41, 5.74) is 0. The lowest BCUT2D eigenvalue weighted by Crippen LogP contribution is -2.27. The van der Waals surface area contributed by atoms with Crippen molar-refractivity contribution in [2.24, 2.45) is 0 Å². The van der Waals surface area contributed by atoms with Crippen LogP contribution in [0.15, 0.2) is 24.3 Å². The maximum atomic E-state index is 12.1. The molecule has 10 heteroatoms. The lowest BCUT2D eigenvalue weighted by Gasteiger charge is -2.15. The third kappa shape index (κ3) is 47.5. The zero-order valence-electron chi connectivity index (χ0n) is 39.2. The number of phosphoric ester groups is 1. The smallest absolute Gasteiger partial charge is 0.463 e. The van der Waals surface area contributed by atoms with Crippen molar-refractivity contribution in [2.75, 3.05) is 26.4 Å². The predicted octanol–water partition coefficient (Wildman–Crippen LogP) is 14.7. The number of nitrogens with one attached hydrogen (secondary N) is 1. The summed E-state index contributed by atoms with van der Waals surface area (Å²) in [5.74, 6) is -0.520. The van der Waals surface area contributed by atoms with Crippen LogP contribution in [-0.2, 0) is 27.9 Å². The van der Waals surface area contributed by atoms with Crippen LogP contribution in [-0.4, -0.2) is 54.3 Å². The van der Waals surface area contributed by atoms with Gasteiger partial charge in [0.15, 0.2) is 0 Å². The van der Waals surface area contributed by atoms with Gasteiger partial charge in [0.1, 0.15) is 12.7 Å². The molecule has 2 atom stereocenters. The number of carbonyl (C=O) groups is 2. The first-order chi connectivity index (χ1) is 29.3. The SMILES string of the molecule is CCCCCC/C=C\C/C=C\CCCCCCCC(=O)NCCOP(=O)(O)OCC(O)COC(=O)CCCCCCCCCCCCCCCCCCCCCCCCC. The molecule has 0 radical (unpaired) electrons. The molecule has 3 N–H and O–H groups in total. The van der Waals surface area contributed by atoms with E-state index >= 15 is 0 Å². The fraction of sp³-hybridized carbons (Fsp3) is 0.880. The van der Waals surface area contributed by atoms with Crippen molar-refractivity contribution in [1.82, 2.24) is 5.32 Å². The van der Waals surface area contributed by atoms with E-state index in [0.717, 1.165) is 64.2 Å². The number of esters is 1. The van der Waals surface area contributed by atoms with Crippen molar-refractivity contribution in [3.8, 4) is 0 Å². The van der Waals surface area contributed by atoms with Crippen molar-refractivity contribution >= 4 is 19.7 Å². The molecule has 0 fully saturated rings. The number of aliphatic hydroxyl groups is 1. The second-order valence-electron chi connectivity index (χ2n) is 17.1. The number of allylic oxidation sites excluding steroid dienone is 4. The Balaban J connectivity index is 3.53. The van der Waals surface area contributed by atoms with Crippen molar-refractivity contribution in [1.29, 1.82) is 0 Å². The Hall–Kier alpha value is -1.51. The van der Waals surface area contributed by atoms with Gasteiger partial charge in [-0.1, -0.05) is 218 Å². The molecular formula is C50H96NO8P. The minimum absolute atomic E-state index is 0.0763. The van der Waals surface area contributed by atoms with E-state index in [4.69, 9.17) is 13.8 Å². The number of hydrogen-bond donors (Lipinski definition) is 3. The van der Waals surface area contributed by atoms with Crippen molar-refractivity contribution in [2.45, 2.75) is 258 Å². The van der Waals surface area contributed by atoms with E-state index in [0.29, 0.717) is 6.42 Å². The molecule has 0 aromatic heterocycles. The quantitative estimate of drug-likeness (QED) is 0.0238. The highest BCUT2D eigenvalue weighted by atomic mass is 31.2. The van der Waals surface area contributed by atoms with Gasteiger partial charge in [-0.15, -0.1) is 0 Å². The topological polar surface area (TPSA) is 131 Å². The molecule has 0 saturated carbocycles. The molecule has 0 aromatic rings. The molecule has 0 spiro atoms. The molecule has 0 heterocycles. The molecule has 60 heavy (non-hydrogen) atoms. The molecule has 2 unspecified atom stereocenters. The Morgan fingerprint density at radius 1 is 0.517 bits per heavy atom. The summed E-state index contributed by atoms with van der Waals surface area (Å²) in [6.45, 7) is 3.56. The van der Waals surface area contributed by atoms with Crippen LogP contribution in [0.25, 0.3) is 0 Å². The van der Waals surface area contributed by atoms with Gasteiger partial charge >= 0.3 is 13.8 Å². The fourth-order valence-electron chi connectivity index (χ4n) is 7.30. The molecule has 0 aromatic carbocycles. The van der Waals surface area contributed by atoms with Crippen molar-refractivity contribution in [3.05, 3.63) is 24.3 Å². The van der Waals surface area contributed by atoms with Gasteiger partial charge in [0.2, 0.25) is 5.91 Å². The highest BCUT2D eigenvalue weighted by molar-refractivity contribution is 7.47. The van der Waals surface area contributed by atoms with E-state index in [1.165, 1.54) is 161 Å². The van der Waals surface area contributed by atoms with Crippen LogP contribution >= 0.6 is 7.82 Å². The molecule has 0 rings (SSSR count). The number of rotatable bonds is 48. The Kier molecular flexibility index (Phi) is 45.8. The molecule has 0 saturated heterocycles. The summed E-state index contributed by atoms with van der Waals surface area (Å²) in [6.07, 6.45) is 52.6. The van der Waals surface area contributed by atoms with Crippen LogP contribution in [0.4, 0.5) is 0 Å². The maximum absolute atomic E-state index is 12.1. The largest absolute Gasteiger partial charge is 0.472 e. The predicted molar refractivity (Wildman–Crippen MR) is 252 cm³/mol. The first-order valence-corrected chi connectivity index (χ1v) is 26.8. The van der Waals surface area contributed by atoms with Gasteiger partial charge in [-0.3, -0.25) is 18.6 Å². The van der Waals surface area contributed by atoms with Gasteiger partial charge in [-0.2, -0.15) is 0 Å². The summed E-state index contributed by atoms with van der Waals surface area (Å²) in [5, 5.41) is 12.7. The zero-order chi connectivity index (χ0) is 43.9. The average Bonchev–Trinajstić information content (AvgIpc) is 3.23. The fourth-order valence-corrected chi connectivity index (χ4v) is 8.05. The molecule has 1 amide bonds. The average molecular weight is 870 g/mol. The second kappa shape index (κ2) is 47.0. The monoisotopic (exact) mass is 870 g/mol. The van der Waals surface area contributed by atoms with Crippen LogP contribution in [0, 0.1) is 0 Å². The van der Waals surface area contributed by atoms with Gasteiger partial charge in [0.05, 0.1) is 13.2 Å². The number of carbonyl (C=O) groups excluding carboxylic acids is 2. The van der Waals surface area contributed by atoms with Gasteiger partial charge in [-0.25, -0.2) is 4.57 Å². The van der Waals surface area contributed by atoms with Crippen molar-refractivity contribution in [3.63, 3.8) is 0 Å². The molecule has 354 valence electrons. The van der Waals surface area contributed by atoms with Crippen LogP contribution in [0.3, 0.4) is 0 Å². The number of aliphatic hydroxyl groups excluding tert-OH is 1. The third-order valence-electron chi connectivity index (χ3n) is 11.1. The summed E-state index contributed by atoms with van der Waals surface area (Å²) in [7, 11) is -4.42. The minimum atomic E-state index is -4.42. The molecular weight excluding hydrogens is 774 g/mol. The number of hydrogen-bond acceptors (Lipinski definition) is 7. The maximum Gasteiger partial charge on any atom is 0.472 e. The summed E-state index contributed by atoms with van der Waals surface area (Å²) >= 11 is 0. The van der Waals surface area contributed by atoms with Crippen LogP contribution in [0.5, 0.6) is 0 Å². The van der Waals surface area contributed by atoms with Crippen molar-refractivity contribution < 1.29 is 37.9 Å². The van der Waals surface area contributed by atoms with E-state index in [1.807, 2.05) is 0 Å². The van der Waals surface area contributed by atoms with Crippen LogP contribution in [0.2, 0.25) is 0 Å². The lowest BCUT2D eigenvalue weighted by atomic mass is 10.0. The molecule has 0 aliphatic rings. The van der Waals surface area contributed by atoms with Gasteiger partial charge in [-0.05, 0) is 44.9 Å². The molecule has 9 nitrogen and oxygen atoms in total. The zero-order valence-corrected chi connectivity index (χ0v) is 40.1. The van der Waals surface area contributed by atoms with E-state index < -0.39 is 26.5 Å². The highest BCUT2D eigenvalue weighted by Crippen LogP contribution is 2.42. The highest BCUT2D eigenvalue weighted by Gasteiger charge is 2.23. The molecule has 0 aliphatic carbocycles. The summed E-state index contributed by atoms with van der Waals surface area (Å²) < 4.78 is 27.0. The Morgan fingerprint density at radius 3 is 1.35 bits per heavy atom. The Morgan fingerprint density at radius 2 is 0.900 bits per heavy atom. The molecule has 0 bridgehead atoms. The van der Waals surface area contributed by atoms with E-state index in [1.54, 1.807) is 0 Å². The second-order valence-corrected chi connectivity index (χ2v) is 18.6. The number of ether oxygens (including phenoxy) is 1. The number of amides is 1. The summed E-state index contributed by atoms with van der Waals surface area (Å²) in [4.78, 5) is 34.0. The Bertz CT molecular complexity index is 1040. The van der Waals surface area contributed by atoms with Gasteiger partial charge < -0.3 is 20.1 Å². The van der Waals surface area contributed by atoms with E-state index in [-0.39, 0.29) is 32.1 Å². The lowest BCUT2D eigenvalue weighted by molar-refractivity contribution is -0.147. The standard InChI is InChI=1S/C50H96NO8P/c1-3-5-7-9-11-13-15-17-19-21-22-23-24-25-26-27-29-31-33-35-37-39-41-43-50(54)57-46-48(52)47-59-60(55,56)58-45-44-51-49(53)42-40-38-36-34-32-30-28-20-18-16-14-12-10-8-6-4-2/h14,16,20,28,48,52H,3-13,15,17-19,21-27,29-47H2,1-2H3,(H,51,53)(H,55,56)/b16-14-,28-20-. The third-order valence-corrected chi connectivity index (χ3v) is 12.1. The van der Waals surface area contributed by atoms with E-state index in [9.17, 15) is 24.2 Å². The first kappa shape index (κ1) is 58.5. The van der Waals surface area contributed by atoms with Crippen LogP contribution < -0.4 is 5.32 Å². The first-order valence-electron chi connectivity index (χ1n) is 25.3. The van der Waals surface area contributed by atoms with Gasteiger partial charge in [0, 0.05) is 19.4 Å².